The molecule has 156 valence electrons. The number of hydrogen-bond donors (Lipinski definition) is 2. The molecule has 0 saturated carbocycles. The van der Waals surface area contributed by atoms with Gasteiger partial charge in [0.2, 0.25) is 12.7 Å². The summed E-state index contributed by atoms with van der Waals surface area (Å²) in [5.41, 5.74) is 1.50. The topological polar surface area (TPSA) is 106 Å². The van der Waals surface area contributed by atoms with E-state index in [2.05, 4.69) is 10.6 Å². The Hall–Kier alpha value is -3.75. The van der Waals surface area contributed by atoms with Crippen LogP contribution in [0.4, 0.5) is 10.5 Å². The van der Waals surface area contributed by atoms with Crippen LogP contribution in [0.25, 0.3) is 0 Å². The van der Waals surface area contributed by atoms with Crippen molar-refractivity contribution in [1.82, 2.24) is 10.2 Å². The molecule has 0 aromatic heterocycles. The monoisotopic (exact) mass is 411 g/mol. The normalized spacial score (nSPS) is 17.1. The van der Waals surface area contributed by atoms with Gasteiger partial charge in [0, 0.05) is 18.3 Å². The summed E-state index contributed by atoms with van der Waals surface area (Å²) < 4.78 is 15.6. The van der Waals surface area contributed by atoms with Crippen LogP contribution in [0.1, 0.15) is 12.0 Å². The predicted octanol–water partition coefficient (Wildman–Crippen LogP) is 1.92. The number of carbonyl (C=O) groups is 3. The molecule has 2 N–H and O–H groups in total. The van der Waals surface area contributed by atoms with E-state index >= 15 is 0 Å². The highest BCUT2D eigenvalue weighted by atomic mass is 16.7. The zero-order chi connectivity index (χ0) is 21.1. The number of imide groups is 1. The Morgan fingerprint density at radius 3 is 2.70 bits per heavy atom. The largest absolute Gasteiger partial charge is 0.497 e. The highest BCUT2D eigenvalue weighted by molar-refractivity contribution is 6.07. The van der Waals surface area contributed by atoms with E-state index in [1.165, 1.54) is 0 Å². The quantitative estimate of drug-likeness (QED) is 0.675. The molecule has 2 aliphatic rings. The maximum Gasteiger partial charge on any atom is 0.324 e. The molecular weight excluding hydrogens is 390 g/mol. The van der Waals surface area contributed by atoms with Gasteiger partial charge in [0.1, 0.15) is 11.8 Å². The van der Waals surface area contributed by atoms with Crippen LogP contribution >= 0.6 is 0 Å². The number of nitrogens with one attached hydrogen (secondary N) is 2. The van der Waals surface area contributed by atoms with E-state index in [0.29, 0.717) is 23.6 Å². The number of carbonyl (C=O) groups excluding carboxylic acids is 3. The average molecular weight is 411 g/mol. The van der Waals surface area contributed by atoms with E-state index in [1.807, 2.05) is 24.3 Å². The lowest BCUT2D eigenvalue weighted by Gasteiger charge is -2.13. The number of nitrogens with zero attached hydrogens (tertiary/aromatic N) is 1. The molecule has 30 heavy (non-hydrogen) atoms. The van der Waals surface area contributed by atoms with E-state index in [9.17, 15) is 14.4 Å². The molecule has 4 amide bonds. The van der Waals surface area contributed by atoms with Crippen LogP contribution in [0.5, 0.6) is 17.2 Å². The lowest BCUT2D eigenvalue weighted by atomic mass is 10.1. The Balaban J connectivity index is 1.31. The van der Waals surface area contributed by atoms with Crippen LogP contribution in [0.15, 0.2) is 42.5 Å². The summed E-state index contributed by atoms with van der Waals surface area (Å²) in [6, 6.07) is 11.1. The second kappa shape index (κ2) is 8.32. The standard InChI is InChI=1S/C21H21N3O6/c1-28-15-5-2-13(3-6-15)8-9-24-20(26)16(23-21(24)27)11-19(25)22-14-4-7-17-18(10-14)30-12-29-17/h2-7,10,16H,8-9,11-12H2,1H3,(H,22,25)(H,23,27)/t16-/m0/s1. The Labute approximate surface area is 172 Å². The highest BCUT2D eigenvalue weighted by Crippen LogP contribution is 2.34. The summed E-state index contributed by atoms with van der Waals surface area (Å²) in [6.45, 7) is 0.374. The molecule has 4 rings (SSSR count). The molecule has 2 aromatic rings. The van der Waals surface area contributed by atoms with Crippen LogP contribution in [0.2, 0.25) is 0 Å². The maximum absolute atomic E-state index is 12.6. The van der Waals surface area contributed by atoms with Crippen molar-refractivity contribution < 1.29 is 28.6 Å². The van der Waals surface area contributed by atoms with Crippen molar-refractivity contribution in [2.24, 2.45) is 0 Å². The minimum Gasteiger partial charge on any atom is -0.497 e. The molecule has 0 aliphatic carbocycles. The SMILES string of the molecule is COc1ccc(CCN2C(=O)N[C@@H](CC(=O)Nc3ccc4c(c3)OCO4)C2=O)cc1. The Morgan fingerprint density at radius 2 is 1.93 bits per heavy atom. The number of fused-ring (bicyclic) bond motifs is 1. The van der Waals surface area contributed by atoms with E-state index in [-0.39, 0.29) is 25.7 Å². The zero-order valence-corrected chi connectivity index (χ0v) is 16.3. The Morgan fingerprint density at radius 1 is 1.17 bits per heavy atom. The summed E-state index contributed by atoms with van der Waals surface area (Å²) in [6.07, 6.45) is 0.358. The summed E-state index contributed by atoms with van der Waals surface area (Å²) in [7, 11) is 1.59. The van der Waals surface area contributed by atoms with Crippen molar-refractivity contribution in [2.75, 3.05) is 25.8 Å². The minimum atomic E-state index is -0.887. The van der Waals surface area contributed by atoms with Gasteiger partial charge in [0.05, 0.1) is 13.5 Å². The molecule has 1 fully saturated rings. The van der Waals surface area contributed by atoms with E-state index in [4.69, 9.17) is 14.2 Å². The third-order valence-corrected chi connectivity index (χ3v) is 4.94. The molecular formula is C21H21N3O6. The Kier molecular flexibility index (Phi) is 5.42. The smallest absolute Gasteiger partial charge is 0.324 e. The minimum absolute atomic E-state index is 0.141. The molecule has 2 aromatic carbocycles. The van der Waals surface area contributed by atoms with Gasteiger partial charge in [0.15, 0.2) is 11.5 Å². The molecule has 2 heterocycles. The van der Waals surface area contributed by atoms with Gasteiger partial charge in [-0.1, -0.05) is 12.1 Å². The van der Waals surface area contributed by atoms with Crippen molar-refractivity contribution in [3.05, 3.63) is 48.0 Å². The van der Waals surface area contributed by atoms with Gasteiger partial charge in [-0.3, -0.25) is 14.5 Å². The molecule has 9 nitrogen and oxygen atoms in total. The van der Waals surface area contributed by atoms with Gasteiger partial charge >= 0.3 is 6.03 Å². The van der Waals surface area contributed by atoms with Gasteiger partial charge in [-0.15, -0.1) is 0 Å². The van der Waals surface area contributed by atoms with Crippen molar-refractivity contribution in [3.8, 4) is 17.2 Å². The summed E-state index contributed by atoms with van der Waals surface area (Å²) in [5.74, 6) is 1.10. The number of hydrogen-bond acceptors (Lipinski definition) is 6. The predicted molar refractivity (Wildman–Crippen MR) is 107 cm³/mol. The first-order chi connectivity index (χ1) is 14.5. The van der Waals surface area contributed by atoms with Crippen LogP contribution in [-0.4, -0.2) is 49.2 Å². The van der Waals surface area contributed by atoms with Crippen LogP contribution in [0, 0.1) is 0 Å². The molecule has 0 spiro atoms. The second-order valence-corrected chi connectivity index (χ2v) is 6.91. The first-order valence-corrected chi connectivity index (χ1v) is 9.48. The summed E-state index contributed by atoms with van der Waals surface area (Å²) >= 11 is 0. The van der Waals surface area contributed by atoms with Crippen LogP contribution in [-0.2, 0) is 16.0 Å². The Bertz CT molecular complexity index is 975. The fourth-order valence-corrected chi connectivity index (χ4v) is 3.33. The van der Waals surface area contributed by atoms with Crippen LogP contribution in [0.3, 0.4) is 0 Å². The summed E-state index contributed by atoms with van der Waals surface area (Å²) in [4.78, 5) is 38.3. The molecule has 1 saturated heterocycles. The van der Waals surface area contributed by atoms with Crippen molar-refractivity contribution in [3.63, 3.8) is 0 Å². The molecule has 2 aliphatic heterocycles. The molecule has 0 unspecified atom stereocenters. The lowest BCUT2D eigenvalue weighted by molar-refractivity contribution is -0.129. The number of benzene rings is 2. The van der Waals surface area contributed by atoms with Crippen molar-refractivity contribution in [2.45, 2.75) is 18.9 Å². The van der Waals surface area contributed by atoms with E-state index in [1.54, 1.807) is 25.3 Å². The molecule has 0 bridgehead atoms. The van der Waals surface area contributed by atoms with Gasteiger partial charge in [-0.05, 0) is 36.2 Å². The lowest BCUT2D eigenvalue weighted by Crippen LogP contribution is -2.34. The van der Waals surface area contributed by atoms with Gasteiger partial charge < -0.3 is 24.8 Å². The fourth-order valence-electron chi connectivity index (χ4n) is 3.33. The second-order valence-electron chi connectivity index (χ2n) is 6.91. The first kappa shape index (κ1) is 19.6. The number of anilines is 1. The maximum atomic E-state index is 12.6. The molecule has 0 radical (unpaired) electrons. The number of methoxy groups -OCH3 is 1. The van der Waals surface area contributed by atoms with E-state index < -0.39 is 18.0 Å². The number of amides is 4. The zero-order valence-electron chi connectivity index (χ0n) is 16.3. The molecule has 9 heteroatoms. The highest BCUT2D eigenvalue weighted by Gasteiger charge is 2.38. The summed E-state index contributed by atoms with van der Waals surface area (Å²) in [5, 5.41) is 5.29. The van der Waals surface area contributed by atoms with Crippen LogP contribution < -0.4 is 24.8 Å². The number of urea groups is 1. The number of rotatable bonds is 7. The average Bonchev–Trinajstić information content (AvgIpc) is 3.31. The molecule has 1 atom stereocenters. The number of ether oxygens (including phenoxy) is 3. The van der Waals surface area contributed by atoms with Gasteiger partial charge in [-0.2, -0.15) is 0 Å². The van der Waals surface area contributed by atoms with Crippen molar-refractivity contribution in [1.29, 1.82) is 0 Å². The third-order valence-electron chi connectivity index (χ3n) is 4.94. The van der Waals surface area contributed by atoms with Crippen molar-refractivity contribution >= 4 is 23.5 Å². The van der Waals surface area contributed by atoms with Gasteiger partial charge in [0.25, 0.3) is 5.91 Å². The van der Waals surface area contributed by atoms with E-state index in [0.717, 1.165) is 16.2 Å². The fraction of sp³-hybridized carbons (Fsp3) is 0.286. The van der Waals surface area contributed by atoms with Gasteiger partial charge in [-0.25, -0.2) is 4.79 Å². The first-order valence-electron chi connectivity index (χ1n) is 9.48. The third kappa shape index (κ3) is 4.14.